The molecule has 0 saturated heterocycles. The van der Waals surface area contributed by atoms with Crippen molar-refractivity contribution in [1.82, 2.24) is 4.57 Å². The Kier molecular flexibility index (Phi) is 5.16. The highest BCUT2D eigenvalue weighted by atomic mass is 19.4. The van der Waals surface area contributed by atoms with Crippen LogP contribution in [0.2, 0.25) is 0 Å². The van der Waals surface area contributed by atoms with E-state index in [0.717, 1.165) is 5.56 Å². The van der Waals surface area contributed by atoms with E-state index >= 15 is 0 Å². The number of aromatic nitrogens is 1. The predicted molar refractivity (Wildman–Crippen MR) is 111 cm³/mol. The number of methoxy groups -OCH3 is 2. The molecule has 0 bridgehead atoms. The number of hydrogen-bond donors (Lipinski definition) is 0. The van der Waals surface area contributed by atoms with Crippen molar-refractivity contribution >= 4 is 10.9 Å². The van der Waals surface area contributed by atoms with Gasteiger partial charge in [0.1, 0.15) is 17.2 Å². The van der Waals surface area contributed by atoms with Crippen molar-refractivity contribution in [3.63, 3.8) is 0 Å². The van der Waals surface area contributed by atoms with E-state index in [1.807, 2.05) is 30.3 Å². The summed E-state index contributed by atoms with van der Waals surface area (Å²) >= 11 is 0. The van der Waals surface area contributed by atoms with Crippen LogP contribution in [0.15, 0.2) is 72.8 Å². The Morgan fingerprint density at radius 2 is 1.43 bits per heavy atom. The molecule has 1 aromatic heterocycles. The molecule has 0 aliphatic carbocycles. The zero-order valence-electron chi connectivity index (χ0n) is 16.5. The monoisotopic (exact) mass is 411 g/mol. The van der Waals surface area contributed by atoms with Crippen LogP contribution in [0.25, 0.3) is 22.0 Å². The minimum absolute atomic E-state index is 0.0928. The van der Waals surface area contributed by atoms with Crippen molar-refractivity contribution in [2.45, 2.75) is 12.7 Å². The van der Waals surface area contributed by atoms with E-state index < -0.39 is 11.9 Å². The van der Waals surface area contributed by atoms with Crippen LogP contribution in [0.5, 0.6) is 11.5 Å². The summed E-state index contributed by atoms with van der Waals surface area (Å²) in [5, 5.41) is 0.518. The SMILES string of the molecule is COc1ccc(-c2c(C(F)(F)F)n(Cc3ccccc3)c3cc(OC)ccc23)cc1. The van der Waals surface area contributed by atoms with Crippen LogP contribution >= 0.6 is 0 Å². The molecular formula is C24H20F3NO2. The van der Waals surface area contributed by atoms with Gasteiger partial charge >= 0.3 is 6.18 Å². The van der Waals surface area contributed by atoms with E-state index in [4.69, 9.17) is 9.47 Å². The van der Waals surface area contributed by atoms with E-state index in [-0.39, 0.29) is 12.1 Å². The van der Waals surface area contributed by atoms with Crippen LogP contribution in [0.3, 0.4) is 0 Å². The Hall–Kier alpha value is -3.41. The maximum atomic E-state index is 14.4. The first-order chi connectivity index (χ1) is 14.4. The molecule has 0 N–H and O–H groups in total. The van der Waals surface area contributed by atoms with Gasteiger partial charge in [-0.15, -0.1) is 0 Å². The summed E-state index contributed by atoms with van der Waals surface area (Å²) in [6.45, 7) is 0.0928. The lowest BCUT2D eigenvalue weighted by Gasteiger charge is -2.15. The molecule has 30 heavy (non-hydrogen) atoms. The van der Waals surface area contributed by atoms with E-state index in [2.05, 4.69) is 0 Å². The first-order valence-corrected chi connectivity index (χ1v) is 9.38. The smallest absolute Gasteiger partial charge is 0.432 e. The molecule has 0 aliphatic heterocycles. The number of hydrogen-bond acceptors (Lipinski definition) is 2. The van der Waals surface area contributed by atoms with Crippen molar-refractivity contribution in [2.24, 2.45) is 0 Å². The van der Waals surface area contributed by atoms with Crippen molar-refractivity contribution in [3.05, 3.63) is 84.1 Å². The van der Waals surface area contributed by atoms with Gasteiger partial charge < -0.3 is 14.0 Å². The van der Waals surface area contributed by atoms with Crippen LogP contribution in [-0.2, 0) is 12.7 Å². The Morgan fingerprint density at radius 3 is 2.03 bits per heavy atom. The normalized spacial score (nSPS) is 11.6. The molecule has 0 fully saturated rings. The quantitative estimate of drug-likeness (QED) is 0.380. The first-order valence-electron chi connectivity index (χ1n) is 9.38. The number of nitrogens with zero attached hydrogens (tertiary/aromatic N) is 1. The average Bonchev–Trinajstić information content (AvgIpc) is 3.08. The summed E-state index contributed by atoms with van der Waals surface area (Å²) in [4.78, 5) is 0. The van der Waals surface area contributed by atoms with Gasteiger partial charge in [-0.05, 0) is 35.4 Å². The lowest BCUT2D eigenvalue weighted by Crippen LogP contribution is -2.15. The molecule has 0 aliphatic rings. The van der Waals surface area contributed by atoms with Crippen LogP contribution in [0.1, 0.15) is 11.3 Å². The van der Waals surface area contributed by atoms with Crippen molar-refractivity contribution in [2.75, 3.05) is 14.2 Å². The second-order valence-corrected chi connectivity index (χ2v) is 6.90. The molecule has 0 atom stereocenters. The van der Waals surface area contributed by atoms with Gasteiger partial charge in [0.2, 0.25) is 0 Å². The van der Waals surface area contributed by atoms with Gasteiger partial charge in [0.05, 0.1) is 19.7 Å². The van der Waals surface area contributed by atoms with E-state index in [9.17, 15) is 13.2 Å². The Bertz CT molecular complexity index is 1160. The molecule has 6 heteroatoms. The fraction of sp³-hybridized carbons (Fsp3) is 0.167. The van der Waals surface area contributed by atoms with Crippen molar-refractivity contribution in [1.29, 1.82) is 0 Å². The second kappa shape index (κ2) is 7.78. The largest absolute Gasteiger partial charge is 0.497 e. The van der Waals surface area contributed by atoms with Crippen LogP contribution in [0.4, 0.5) is 13.2 Å². The fourth-order valence-corrected chi connectivity index (χ4v) is 3.73. The molecule has 4 rings (SSSR count). The van der Waals surface area contributed by atoms with Crippen LogP contribution in [-0.4, -0.2) is 18.8 Å². The molecule has 0 unspecified atom stereocenters. The van der Waals surface area contributed by atoms with Crippen LogP contribution < -0.4 is 9.47 Å². The van der Waals surface area contributed by atoms with E-state index in [0.29, 0.717) is 28.0 Å². The molecule has 3 aromatic carbocycles. The zero-order chi connectivity index (χ0) is 21.3. The molecular weight excluding hydrogens is 391 g/mol. The first kappa shape index (κ1) is 19.9. The Balaban J connectivity index is 2.04. The van der Waals surface area contributed by atoms with Gasteiger partial charge in [-0.2, -0.15) is 13.2 Å². The number of ether oxygens (including phenoxy) is 2. The second-order valence-electron chi connectivity index (χ2n) is 6.90. The number of benzene rings is 3. The summed E-state index contributed by atoms with van der Waals surface area (Å²) in [6, 6.07) is 20.8. The molecule has 1 heterocycles. The Morgan fingerprint density at radius 1 is 0.800 bits per heavy atom. The van der Waals surface area contributed by atoms with Crippen molar-refractivity contribution in [3.8, 4) is 22.6 Å². The number of rotatable bonds is 5. The van der Waals surface area contributed by atoms with Gasteiger partial charge in [0, 0.05) is 23.6 Å². The molecule has 3 nitrogen and oxygen atoms in total. The molecule has 154 valence electrons. The minimum atomic E-state index is -4.55. The fourth-order valence-electron chi connectivity index (χ4n) is 3.73. The lowest BCUT2D eigenvalue weighted by atomic mass is 10.0. The molecule has 0 spiro atoms. The summed E-state index contributed by atoms with van der Waals surface area (Å²) in [6.07, 6.45) is -4.55. The maximum absolute atomic E-state index is 14.4. The summed E-state index contributed by atoms with van der Waals surface area (Å²) in [5.41, 5.74) is 1.20. The van der Waals surface area contributed by atoms with Gasteiger partial charge in [-0.3, -0.25) is 0 Å². The predicted octanol–water partition coefficient (Wildman–Crippen LogP) is 6.39. The Labute approximate surface area is 172 Å². The molecule has 4 aromatic rings. The van der Waals surface area contributed by atoms with Gasteiger partial charge in [-0.1, -0.05) is 42.5 Å². The highest BCUT2D eigenvalue weighted by Gasteiger charge is 2.39. The van der Waals surface area contributed by atoms with Gasteiger partial charge in [-0.25, -0.2) is 0 Å². The average molecular weight is 411 g/mol. The minimum Gasteiger partial charge on any atom is -0.497 e. The van der Waals surface area contributed by atoms with E-state index in [1.54, 1.807) is 42.5 Å². The van der Waals surface area contributed by atoms with Crippen LogP contribution in [0, 0.1) is 0 Å². The van der Waals surface area contributed by atoms with Gasteiger partial charge in [0.15, 0.2) is 0 Å². The highest BCUT2D eigenvalue weighted by molar-refractivity contribution is 5.99. The number of fused-ring (bicyclic) bond motifs is 1. The summed E-state index contributed by atoms with van der Waals surface area (Å²) in [7, 11) is 3.02. The topological polar surface area (TPSA) is 23.4 Å². The molecule has 0 saturated carbocycles. The third-order valence-electron chi connectivity index (χ3n) is 5.10. The maximum Gasteiger partial charge on any atom is 0.432 e. The number of halogens is 3. The summed E-state index contributed by atoms with van der Waals surface area (Å²) < 4.78 is 54.9. The lowest BCUT2D eigenvalue weighted by molar-refractivity contribution is -0.142. The standard InChI is InChI=1S/C24H20F3NO2/c1-29-18-10-8-17(9-11-18)22-20-13-12-19(30-2)14-21(20)28(23(22)24(25,26)27)15-16-6-4-3-5-7-16/h3-14H,15H2,1-2H3. The molecule has 0 radical (unpaired) electrons. The zero-order valence-corrected chi connectivity index (χ0v) is 16.5. The number of alkyl halides is 3. The third-order valence-corrected chi connectivity index (χ3v) is 5.10. The van der Waals surface area contributed by atoms with Gasteiger partial charge in [0.25, 0.3) is 0 Å². The van der Waals surface area contributed by atoms with E-state index in [1.165, 1.54) is 18.8 Å². The highest BCUT2D eigenvalue weighted by Crippen LogP contribution is 2.45. The molecule has 0 amide bonds. The van der Waals surface area contributed by atoms with Crippen molar-refractivity contribution < 1.29 is 22.6 Å². The summed E-state index contributed by atoms with van der Waals surface area (Å²) in [5.74, 6) is 1.09. The third kappa shape index (κ3) is 3.61.